The maximum atomic E-state index is 5.44. The first kappa shape index (κ1) is 12.8. The van der Waals surface area contributed by atoms with Gasteiger partial charge in [-0.3, -0.25) is 0 Å². The minimum Gasteiger partial charge on any atom is -0.365 e. The van der Waals surface area contributed by atoms with Crippen LogP contribution in [0.5, 0.6) is 0 Å². The Morgan fingerprint density at radius 2 is 2.06 bits per heavy atom. The minimum atomic E-state index is 0.678. The van der Waals surface area contributed by atoms with Gasteiger partial charge in [0.1, 0.15) is 18.0 Å². The molecular weight excluding hydrogens is 246 g/mol. The Morgan fingerprint density at radius 1 is 1.28 bits per heavy atom. The van der Waals surface area contributed by atoms with Gasteiger partial charge in [0.2, 0.25) is 0 Å². The van der Waals surface area contributed by atoms with Gasteiger partial charge in [-0.05, 0) is 25.5 Å². The number of nitrogens with two attached hydrogens (primary N) is 1. The second-order valence-electron chi connectivity index (χ2n) is 3.91. The summed E-state index contributed by atoms with van der Waals surface area (Å²) in [6.07, 6.45) is 2.34. The molecule has 0 atom stereocenters. The van der Waals surface area contributed by atoms with Crippen LogP contribution in [-0.4, -0.2) is 9.97 Å². The van der Waals surface area contributed by atoms with E-state index in [2.05, 4.69) is 46.7 Å². The van der Waals surface area contributed by atoms with Gasteiger partial charge in [-0.2, -0.15) is 0 Å². The highest BCUT2D eigenvalue weighted by Gasteiger charge is 2.08. The molecule has 2 rings (SSSR count). The Labute approximate surface area is 110 Å². The summed E-state index contributed by atoms with van der Waals surface area (Å²) in [6.45, 7) is 4.93. The van der Waals surface area contributed by atoms with Crippen molar-refractivity contribution in [3.8, 4) is 0 Å². The molecule has 0 spiro atoms. The zero-order valence-electron chi connectivity index (χ0n) is 10.5. The molecule has 0 aliphatic heterocycles. The molecule has 0 bridgehead atoms. The molecule has 2 aromatic heterocycles. The summed E-state index contributed by atoms with van der Waals surface area (Å²) in [7, 11) is 0. The summed E-state index contributed by atoms with van der Waals surface area (Å²) in [5.74, 6) is 6.96. The molecule has 0 aliphatic rings. The van der Waals surface area contributed by atoms with Gasteiger partial charge in [0, 0.05) is 15.3 Å². The minimum absolute atomic E-state index is 0.678. The third-order valence-corrected chi connectivity index (χ3v) is 3.66. The van der Waals surface area contributed by atoms with Crippen molar-refractivity contribution in [3.63, 3.8) is 0 Å². The maximum Gasteiger partial charge on any atom is 0.148 e. The fraction of sp³-hybridized carbons (Fsp3) is 0.333. The van der Waals surface area contributed by atoms with E-state index in [1.165, 1.54) is 16.1 Å². The highest BCUT2D eigenvalue weighted by atomic mass is 32.1. The van der Waals surface area contributed by atoms with Crippen molar-refractivity contribution in [2.45, 2.75) is 26.8 Å². The maximum absolute atomic E-state index is 5.44. The average Bonchev–Trinajstić information content (AvgIpc) is 2.81. The topological polar surface area (TPSA) is 75.9 Å². The van der Waals surface area contributed by atoms with Gasteiger partial charge in [-0.25, -0.2) is 15.8 Å². The predicted molar refractivity (Wildman–Crippen MR) is 75.6 cm³/mol. The van der Waals surface area contributed by atoms with Gasteiger partial charge in [-0.1, -0.05) is 6.92 Å². The van der Waals surface area contributed by atoms with Crippen molar-refractivity contribution >= 4 is 23.0 Å². The van der Waals surface area contributed by atoms with Crippen LogP contribution in [0.3, 0.4) is 0 Å². The lowest BCUT2D eigenvalue weighted by molar-refractivity contribution is 1.01. The zero-order chi connectivity index (χ0) is 13.0. The number of aryl methyl sites for hydroxylation is 1. The van der Waals surface area contributed by atoms with Crippen LogP contribution in [0.25, 0.3) is 0 Å². The van der Waals surface area contributed by atoms with E-state index in [0.717, 1.165) is 24.3 Å². The van der Waals surface area contributed by atoms with Crippen molar-refractivity contribution in [1.29, 1.82) is 0 Å². The standard InChI is InChI=1S/C12H17N5S/c1-3-10-11(15-7-16-12(10)17-13)14-6-9-5-4-8(2)18-9/h4-5,7H,3,6,13H2,1-2H3,(H2,14,15,16,17). The van der Waals surface area contributed by atoms with Gasteiger partial charge in [0.15, 0.2) is 0 Å². The van der Waals surface area contributed by atoms with E-state index in [0.29, 0.717) is 5.82 Å². The van der Waals surface area contributed by atoms with Crippen LogP contribution in [0.1, 0.15) is 22.2 Å². The Morgan fingerprint density at radius 3 is 2.67 bits per heavy atom. The number of nitrogens with one attached hydrogen (secondary N) is 2. The van der Waals surface area contributed by atoms with Crippen LogP contribution in [0.4, 0.5) is 11.6 Å². The van der Waals surface area contributed by atoms with Crippen LogP contribution >= 0.6 is 11.3 Å². The third kappa shape index (κ3) is 2.77. The fourth-order valence-electron chi connectivity index (χ4n) is 1.77. The lowest BCUT2D eigenvalue weighted by atomic mass is 10.2. The molecule has 0 fully saturated rings. The first-order chi connectivity index (χ1) is 8.74. The Balaban J connectivity index is 2.13. The summed E-state index contributed by atoms with van der Waals surface area (Å²) in [4.78, 5) is 11.0. The van der Waals surface area contributed by atoms with E-state index < -0.39 is 0 Å². The lowest BCUT2D eigenvalue weighted by Crippen LogP contribution is -2.13. The third-order valence-electron chi connectivity index (χ3n) is 2.66. The quantitative estimate of drug-likeness (QED) is 0.570. The molecule has 2 heterocycles. The van der Waals surface area contributed by atoms with Crippen molar-refractivity contribution in [1.82, 2.24) is 9.97 Å². The van der Waals surface area contributed by atoms with Gasteiger partial charge in [0.05, 0.1) is 6.54 Å². The molecular formula is C12H17N5S. The van der Waals surface area contributed by atoms with E-state index in [1.807, 2.05) is 0 Å². The first-order valence-electron chi connectivity index (χ1n) is 5.84. The molecule has 5 nitrogen and oxygen atoms in total. The molecule has 0 unspecified atom stereocenters. The van der Waals surface area contributed by atoms with E-state index in [9.17, 15) is 0 Å². The number of hydrogen-bond donors (Lipinski definition) is 3. The molecule has 2 aromatic rings. The number of nitrogens with zero attached hydrogens (tertiary/aromatic N) is 2. The number of rotatable bonds is 5. The van der Waals surface area contributed by atoms with Crippen LogP contribution in [0.2, 0.25) is 0 Å². The molecule has 0 radical (unpaired) electrons. The Hall–Kier alpha value is -1.66. The second kappa shape index (κ2) is 5.79. The molecule has 0 aliphatic carbocycles. The van der Waals surface area contributed by atoms with E-state index in [1.54, 1.807) is 11.3 Å². The molecule has 0 amide bonds. The van der Waals surface area contributed by atoms with Crippen molar-refractivity contribution < 1.29 is 0 Å². The van der Waals surface area contributed by atoms with E-state index in [-0.39, 0.29) is 0 Å². The fourth-order valence-corrected chi connectivity index (χ4v) is 2.60. The number of hydrogen-bond acceptors (Lipinski definition) is 6. The summed E-state index contributed by atoms with van der Waals surface area (Å²) in [5, 5.41) is 3.33. The molecule has 0 aromatic carbocycles. The molecule has 4 N–H and O–H groups in total. The second-order valence-corrected chi connectivity index (χ2v) is 5.29. The van der Waals surface area contributed by atoms with Gasteiger partial charge in [-0.15, -0.1) is 11.3 Å². The van der Waals surface area contributed by atoms with Gasteiger partial charge in [0.25, 0.3) is 0 Å². The lowest BCUT2D eigenvalue weighted by Gasteiger charge is -2.11. The summed E-state index contributed by atoms with van der Waals surface area (Å²) in [6, 6.07) is 4.25. The van der Waals surface area contributed by atoms with E-state index >= 15 is 0 Å². The summed E-state index contributed by atoms with van der Waals surface area (Å²) in [5.41, 5.74) is 3.61. The van der Waals surface area contributed by atoms with Crippen molar-refractivity contribution in [2.75, 3.05) is 10.7 Å². The molecule has 6 heteroatoms. The highest BCUT2D eigenvalue weighted by molar-refractivity contribution is 7.11. The normalized spacial score (nSPS) is 10.4. The first-order valence-corrected chi connectivity index (χ1v) is 6.66. The van der Waals surface area contributed by atoms with Crippen LogP contribution in [0, 0.1) is 6.92 Å². The monoisotopic (exact) mass is 263 g/mol. The van der Waals surface area contributed by atoms with Crippen molar-refractivity contribution in [3.05, 3.63) is 33.8 Å². The number of anilines is 2. The van der Waals surface area contributed by atoms with Gasteiger partial charge >= 0.3 is 0 Å². The number of aromatic nitrogens is 2. The summed E-state index contributed by atoms with van der Waals surface area (Å²) < 4.78 is 0. The van der Waals surface area contributed by atoms with Gasteiger partial charge < -0.3 is 10.7 Å². The molecule has 0 saturated heterocycles. The highest BCUT2D eigenvalue weighted by Crippen LogP contribution is 2.21. The van der Waals surface area contributed by atoms with E-state index in [4.69, 9.17) is 5.84 Å². The summed E-state index contributed by atoms with van der Waals surface area (Å²) >= 11 is 1.78. The number of thiophene rings is 1. The molecule has 18 heavy (non-hydrogen) atoms. The van der Waals surface area contributed by atoms with Crippen LogP contribution < -0.4 is 16.6 Å². The van der Waals surface area contributed by atoms with Crippen molar-refractivity contribution in [2.24, 2.45) is 5.84 Å². The SMILES string of the molecule is CCc1c(NN)ncnc1NCc1ccc(C)s1. The smallest absolute Gasteiger partial charge is 0.148 e. The van der Waals surface area contributed by atoms with Crippen LogP contribution in [0.15, 0.2) is 18.5 Å². The molecule has 96 valence electrons. The largest absolute Gasteiger partial charge is 0.365 e. The molecule has 0 saturated carbocycles. The zero-order valence-corrected chi connectivity index (χ0v) is 11.3. The Kier molecular flexibility index (Phi) is 4.11. The predicted octanol–water partition coefficient (Wildman–Crippen LogP) is 2.31. The van der Waals surface area contributed by atoms with Crippen LogP contribution in [-0.2, 0) is 13.0 Å². The average molecular weight is 263 g/mol. The number of hydrazine groups is 1. The number of nitrogen functional groups attached to an aromatic ring is 1. The Bertz CT molecular complexity index is 523.